The van der Waals surface area contributed by atoms with Crippen LogP contribution >= 0.6 is 12.4 Å². The van der Waals surface area contributed by atoms with Crippen LogP contribution in [0.5, 0.6) is 0 Å². The van der Waals surface area contributed by atoms with Crippen molar-refractivity contribution in [3.63, 3.8) is 0 Å². The first-order valence-electron chi connectivity index (χ1n) is 2.92. The van der Waals surface area contributed by atoms with Crippen LogP contribution in [0.1, 0.15) is 17.4 Å². The van der Waals surface area contributed by atoms with E-state index in [1.54, 1.807) is 12.1 Å². The molecule has 1 aromatic heterocycles. The van der Waals surface area contributed by atoms with Gasteiger partial charge in [-0.3, -0.25) is 9.78 Å². The highest BCUT2D eigenvalue weighted by atomic mass is 35.5. The van der Waals surface area contributed by atoms with E-state index in [4.69, 9.17) is 5.73 Å². The summed E-state index contributed by atoms with van der Waals surface area (Å²) in [6, 6.07) is 3.27. The van der Waals surface area contributed by atoms with Gasteiger partial charge in [-0.05, 0) is 12.1 Å². The molecule has 0 unspecified atom stereocenters. The largest absolute Gasteiger partial charge is 0.397 e. The van der Waals surface area contributed by atoms with Crippen molar-refractivity contribution in [1.29, 1.82) is 0 Å². The summed E-state index contributed by atoms with van der Waals surface area (Å²) in [4.78, 5) is 14.5. The molecule has 0 aliphatic heterocycles. The fourth-order valence-corrected chi connectivity index (χ4v) is 0.614. The summed E-state index contributed by atoms with van der Waals surface area (Å²) in [7, 11) is 0. The molecule has 0 amide bonds. The molecule has 0 aromatic carbocycles. The first-order valence-corrected chi connectivity index (χ1v) is 2.92. The summed E-state index contributed by atoms with van der Waals surface area (Å²) >= 11 is 0. The molecule has 0 radical (unpaired) electrons. The molecule has 0 spiro atoms. The number of halogens is 1. The van der Waals surface area contributed by atoms with Crippen molar-refractivity contribution in [1.82, 2.24) is 4.98 Å². The number of rotatable bonds is 1. The Kier molecular flexibility index (Phi) is 3.54. The van der Waals surface area contributed by atoms with Crippen molar-refractivity contribution in [3.8, 4) is 0 Å². The summed E-state index contributed by atoms with van der Waals surface area (Å²) in [6.45, 7) is 1.47. The molecule has 1 rings (SSSR count). The van der Waals surface area contributed by atoms with E-state index in [0.29, 0.717) is 11.4 Å². The number of carbonyl (C=O) groups excluding carboxylic acids is 1. The zero-order chi connectivity index (χ0) is 7.56. The maximum atomic E-state index is 10.7. The highest BCUT2D eigenvalue weighted by Crippen LogP contribution is 2.00. The Bertz CT molecular complexity index is 245. The molecule has 11 heavy (non-hydrogen) atoms. The number of nitrogens with two attached hydrogens (primary N) is 1. The number of nitrogen functional groups attached to an aromatic ring is 1. The van der Waals surface area contributed by atoms with Gasteiger partial charge in [-0.25, -0.2) is 0 Å². The maximum Gasteiger partial charge on any atom is 0.178 e. The first-order chi connectivity index (χ1) is 4.70. The second-order valence-electron chi connectivity index (χ2n) is 2.03. The van der Waals surface area contributed by atoms with E-state index in [1.165, 1.54) is 13.1 Å². The summed E-state index contributed by atoms with van der Waals surface area (Å²) < 4.78 is 0. The molecule has 1 aromatic rings. The van der Waals surface area contributed by atoms with Crippen molar-refractivity contribution in [3.05, 3.63) is 24.0 Å². The van der Waals surface area contributed by atoms with Crippen LogP contribution in [0.25, 0.3) is 0 Å². The quantitative estimate of drug-likeness (QED) is 0.650. The lowest BCUT2D eigenvalue weighted by molar-refractivity contribution is 0.101. The average molecular weight is 173 g/mol. The van der Waals surface area contributed by atoms with Gasteiger partial charge in [0.05, 0.1) is 11.9 Å². The smallest absolute Gasteiger partial charge is 0.178 e. The lowest BCUT2D eigenvalue weighted by Gasteiger charge is -1.93. The van der Waals surface area contributed by atoms with Crippen LogP contribution in [0.15, 0.2) is 18.3 Å². The molecule has 0 aliphatic rings. The zero-order valence-electron chi connectivity index (χ0n) is 6.07. The molecule has 0 atom stereocenters. The fraction of sp³-hybridized carbons (Fsp3) is 0.143. The number of ketones is 1. The molecule has 1 heterocycles. The van der Waals surface area contributed by atoms with E-state index in [9.17, 15) is 4.79 Å². The normalized spacial score (nSPS) is 8.45. The van der Waals surface area contributed by atoms with Gasteiger partial charge in [-0.1, -0.05) is 0 Å². The molecule has 0 bridgehead atoms. The second-order valence-corrected chi connectivity index (χ2v) is 2.03. The number of nitrogens with zero attached hydrogens (tertiary/aromatic N) is 1. The first kappa shape index (κ1) is 9.91. The van der Waals surface area contributed by atoms with Gasteiger partial charge in [-0.15, -0.1) is 12.4 Å². The number of anilines is 1. The van der Waals surface area contributed by atoms with Crippen molar-refractivity contribution < 1.29 is 4.79 Å². The number of Topliss-reactive ketones (excluding diaryl/α,β-unsaturated/α-hetero) is 1. The monoisotopic (exact) mass is 172 g/mol. The van der Waals surface area contributed by atoms with Gasteiger partial charge in [-0.2, -0.15) is 0 Å². The van der Waals surface area contributed by atoms with Crippen molar-refractivity contribution in [2.45, 2.75) is 6.92 Å². The van der Waals surface area contributed by atoms with Gasteiger partial charge in [0.15, 0.2) is 5.78 Å². The number of pyridine rings is 1. The third-order valence-corrected chi connectivity index (χ3v) is 1.15. The number of hydrogen-bond acceptors (Lipinski definition) is 3. The van der Waals surface area contributed by atoms with Gasteiger partial charge < -0.3 is 5.73 Å². The second kappa shape index (κ2) is 3.93. The van der Waals surface area contributed by atoms with Gasteiger partial charge >= 0.3 is 0 Å². The SMILES string of the molecule is CC(=O)c1ccc(N)cn1.Cl. The summed E-state index contributed by atoms with van der Waals surface area (Å²) in [5.41, 5.74) is 6.38. The van der Waals surface area contributed by atoms with Gasteiger partial charge in [0, 0.05) is 6.92 Å². The highest BCUT2D eigenvalue weighted by molar-refractivity contribution is 5.92. The van der Waals surface area contributed by atoms with Crippen molar-refractivity contribution in [2.24, 2.45) is 0 Å². The Morgan fingerprint density at radius 1 is 1.55 bits per heavy atom. The molecule has 0 saturated carbocycles. The minimum absolute atomic E-state index is 0. The third kappa shape index (κ3) is 2.55. The number of aromatic nitrogens is 1. The molecule has 60 valence electrons. The van der Waals surface area contributed by atoms with Crippen LogP contribution in [-0.4, -0.2) is 10.8 Å². The Morgan fingerprint density at radius 2 is 2.18 bits per heavy atom. The predicted molar refractivity (Wildman–Crippen MR) is 45.9 cm³/mol. The van der Waals surface area contributed by atoms with Crippen LogP contribution < -0.4 is 5.73 Å². The van der Waals surface area contributed by atoms with E-state index < -0.39 is 0 Å². The zero-order valence-corrected chi connectivity index (χ0v) is 6.89. The highest BCUT2D eigenvalue weighted by Gasteiger charge is 1.97. The van der Waals surface area contributed by atoms with Crippen LogP contribution in [-0.2, 0) is 0 Å². The molecule has 0 saturated heterocycles. The number of carbonyl (C=O) groups is 1. The molecular formula is C7H9ClN2O. The predicted octanol–water partition coefficient (Wildman–Crippen LogP) is 1.29. The third-order valence-electron chi connectivity index (χ3n) is 1.15. The Labute approximate surface area is 71.0 Å². The lowest BCUT2D eigenvalue weighted by Crippen LogP contribution is -1.96. The van der Waals surface area contributed by atoms with Gasteiger partial charge in [0.2, 0.25) is 0 Å². The van der Waals surface area contributed by atoms with E-state index >= 15 is 0 Å². The lowest BCUT2D eigenvalue weighted by atomic mass is 10.3. The van der Waals surface area contributed by atoms with E-state index in [1.807, 2.05) is 0 Å². The maximum absolute atomic E-state index is 10.7. The summed E-state index contributed by atoms with van der Waals surface area (Å²) in [5.74, 6) is -0.0417. The van der Waals surface area contributed by atoms with Crippen molar-refractivity contribution >= 4 is 23.9 Å². The van der Waals surface area contributed by atoms with E-state index in [0.717, 1.165) is 0 Å². The van der Waals surface area contributed by atoms with Crippen LogP contribution in [0.4, 0.5) is 5.69 Å². The molecule has 0 aliphatic carbocycles. The Balaban J connectivity index is 0.000001000. The summed E-state index contributed by atoms with van der Waals surface area (Å²) in [5, 5.41) is 0. The van der Waals surface area contributed by atoms with Gasteiger partial charge in [0.1, 0.15) is 5.69 Å². The molecular weight excluding hydrogens is 164 g/mol. The van der Waals surface area contributed by atoms with Gasteiger partial charge in [0.25, 0.3) is 0 Å². The minimum Gasteiger partial charge on any atom is -0.397 e. The fourth-order valence-electron chi connectivity index (χ4n) is 0.614. The topological polar surface area (TPSA) is 56.0 Å². The van der Waals surface area contributed by atoms with E-state index in [-0.39, 0.29) is 18.2 Å². The van der Waals surface area contributed by atoms with E-state index in [2.05, 4.69) is 4.98 Å². The summed E-state index contributed by atoms with van der Waals surface area (Å²) in [6.07, 6.45) is 1.47. The number of hydrogen-bond donors (Lipinski definition) is 1. The van der Waals surface area contributed by atoms with Crippen LogP contribution in [0.2, 0.25) is 0 Å². The van der Waals surface area contributed by atoms with Crippen LogP contribution in [0, 0.1) is 0 Å². The van der Waals surface area contributed by atoms with Crippen LogP contribution in [0.3, 0.4) is 0 Å². The molecule has 0 fully saturated rings. The molecule has 2 N–H and O–H groups in total. The van der Waals surface area contributed by atoms with Crippen molar-refractivity contribution in [2.75, 3.05) is 5.73 Å². The molecule has 4 heteroatoms. The Hall–Kier alpha value is -1.09. The average Bonchev–Trinajstić information content (AvgIpc) is 1.88. The molecule has 3 nitrogen and oxygen atoms in total. The minimum atomic E-state index is -0.0417. The Morgan fingerprint density at radius 3 is 2.55 bits per heavy atom. The standard InChI is InChI=1S/C7H8N2O.ClH/c1-5(10)7-3-2-6(8)4-9-7;/h2-4H,8H2,1H3;1H.